The van der Waals surface area contributed by atoms with Crippen LogP contribution < -0.4 is 5.32 Å². The molecule has 2 heterocycles. The molecule has 3 rings (SSSR count). The Kier molecular flexibility index (Phi) is 4.59. The van der Waals surface area contributed by atoms with E-state index < -0.39 is 0 Å². The van der Waals surface area contributed by atoms with E-state index in [1.165, 1.54) is 22.3 Å². The van der Waals surface area contributed by atoms with E-state index in [0.29, 0.717) is 6.61 Å². The molecule has 0 bridgehead atoms. The molecule has 0 saturated heterocycles. The molecule has 1 aromatic carbocycles. The third-order valence-electron chi connectivity index (χ3n) is 3.99. The number of anilines is 1. The maximum Gasteiger partial charge on any atom is 0.139 e. The van der Waals surface area contributed by atoms with Gasteiger partial charge in [0, 0.05) is 24.1 Å². The summed E-state index contributed by atoms with van der Waals surface area (Å²) in [6.07, 6.45) is 1.62. The Balaban J connectivity index is 2.09. The topological polar surface area (TPSA) is 47.0 Å². The minimum Gasteiger partial charge on any atom is -0.383 e. The fraction of sp³-hybridized carbons (Fsp3) is 0.333. The Morgan fingerprint density at radius 1 is 1.22 bits per heavy atom. The minimum absolute atomic E-state index is 0.186. The zero-order valence-corrected chi connectivity index (χ0v) is 14.7. The van der Waals surface area contributed by atoms with E-state index >= 15 is 0 Å². The average molecular weight is 327 g/mol. The van der Waals surface area contributed by atoms with Crippen molar-refractivity contribution in [1.29, 1.82) is 0 Å². The lowest BCUT2D eigenvalue weighted by Gasteiger charge is -2.14. The van der Waals surface area contributed by atoms with E-state index in [4.69, 9.17) is 4.74 Å². The van der Waals surface area contributed by atoms with E-state index in [0.717, 1.165) is 16.0 Å². The zero-order chi connectivity index (χ0) is 16.4. The summed E-state index contributed by atoms with van der Waals surface area (Å²) in [7, 11) is 1.71. The quantitative estimate of drug-likeness (QED) is 0.753. The van der Waals surface area contributed by atoms with Crippen LogP contribution in [0.5, 0.6) is 0 Å². The van der Waals surface area contributed by atoms with Crippen molar-refractivity contribution in [3.8, 4) is 11.1 Å². The van der Waals surface area contributed by atoms with Crippen LogP contribution in [-0.4, -0.2) is 29.7 Å². The largest absolute Gasteiger partial charge is 0.383 e. The van der Waals surface area contributed by atoms with Crippen molar-refractivity contribution in [3.05, 3.63) is 41.0 Å². The fourth-order valence-electron chi connectivity index (χ4n) is 2.63. The number of nitrogens with zero attached hydrogens (tertiary/aromatic N) is 2. The summed E-state index contributed by atoms with van der Waals surface area (Å²) in [4.78, 5) is 9.87. The molecule has 4 nitrogen and oxygen atoms in total. The smallest absolute Gasteiger partial charge is 0.139 e. The summed E-state index contributed by atoms with van der Waals surface area (Å²) in [6.45, 7) is 6.99. The number of methoxy groups -OCH3 is 1. The Bertz CT molecular complexity index is 828. The molecule has 120 valence electrons. The molecule has 0 aliphatic rings. The lowest BCUT2D eigenvalue weighted by Crippen LogP contribution is -2.21. The van der Waals surface area contributed by atoms with Gasteiger partial charge >= 0.3 is 0 Å². The number of ether oxygens (including phenoxy) is 1. The number of nitrogens with one attached hydrogen (secondary N) is 1. The number of fused-ring (bicyclic) bond motifs is 1. The Morgan fingerprint density at radius 3 is 2.78 bits per heavy atom. The number of aromatic nitrogens is 2. The molecular formula is C18H21N3OS. The van der Waals surface area contributed by atoms with Crippen molar-refractivity contribution in [2.24, 2.45) is 0 Å². The number of hydrogen-bond acceptors (Lipinski definition) is 5. The van der Waals surface area contributed by atoms with Crippen molar-refractivity contribution in [2.75, 3.05) is 19.0 Å². The lowest BCUT2D eigenvalue weighted by molar-refractivity contribution is 0.190. The molecule has 1 atom stereocenters. The maximum absolute atomic E-state index is 5.21. The Labute approximate surface area is 140 Å². The predicted octanol–water partition coefficient (Wildman–Crippen LogP) is 4.42. The SMILES string of the molecule is COC[C@@H](C)Nc1ncnc2scc(-c3ccc(C)c(C)c3)c12. The number of thiophene rings is 1. The second-order valence-electron chi connectivity index (χ2n) is 5.85. The molecular weight excluding hydrogens is 306 g/mol. The highest BCUT2D eigenvalue weighted by Crippen LogP contribution is 2.37. The maximum atomic E-state index is 5.21. The van der Waals surface area contributed by atoms with E-state index in [2.05, 4.69) is 59.6 Å². The molecule has 2 aromatic heterocycles. The highest BCUT2D eigenvalue weighted by molar-refractivity contribution is 7.17. The van der Waals surface area contributed by atoms with Crippen molar-refractivity contribution in [3.63, 3.8) is 0 Å². The van der Waals surface area contributed by atoms with E-state index in [-0.39, 0.29) is 6.04 Å². The summed E-state index contributed by atoms with van der Waals surface area (Å²) in [5.41, 5.74) is 4.98. The van der Waals surface area contributed by atoms with E-state index in [1.807, 2.05) is 0 Å². The van der Waals surface area contributed by atoms with Gasteiger partial charge in [-0.25, -0.2) is 9.97 Å². The van der Waals surface area contributed by atoms with Crippen LogP contribution in [0.25, 0.3) is 21.3 Å². The second kappa shape index (κ2) is 6.64. The van der Waals surface area contributed by atoms with E-state index in [9.17, 15) is 0 Å². The van der Waals surface area contributed by atoms with Crippen LogP contribution in [0.15, 0.2) is 29.9 Å². The summed E-state index contributed by atoms with van der Waals surface area (Å²) in [5, 5.41) is 6.69. The van der Waals surface area contributed by atoms with Crippen LogP contribution in [0.3, 0.4) is 0 Å². The van der Waals surface area contributed by atoms with Gasteiger partial charge in [-0.15, -0.1) is 11.3 Å². The summed E-state index contributed by atoms with van der Waals surface area (Å²) >= 11 is 1.65. The molecule has 23 heavy (non-hydrogen) atoms. The van der Waals surface area contributed by atoms with Gasteiger partial charge in [-0.05, 0) is 37.5 Å². The van der Waals surface area contributed by atoms with Crippen LogP contribution in [0.1, 0.15) is 18.1 Å². The normalized spacial score (nSPS) is 12.5. The van der Waals surface area contributed by atoms with Gasteiger partial charge in [-0.1, -0.05) is 18.2 Å². The van der Waals surface area contributed by atoms with Crippen molar-refractivity contribution in [1.82, 2.24) is 9.97 Å². The van der Waals surface area contributed by atoms with Gasteiger partial charge in [0.25, 0.3) is 0 Å². The highest BCUT2D eigenvalue weighted by atomic mass is 32.1. The Hall–Kier alpha value is -1.98. The molecule has 0 spiro atoms. The van der Waals surface area contributed by atoms with Gasteiger partial charge in [0.15, 0.2) is 0 Å². The number of rotatable bonds is 5. The predicted molar refractivity (Wildman–Crippen MR) is 97.3 cm³/mol. The molecule has 0 aliphatic heterocycles. The van der Waals surface area contributed by atoms with Crippen LogP contribution >= 0.6 is 11.3 Å². The first-order valence-electron chi connectivity index (χ1n) is 7.65. The van der Waals surface area contributed by atoms with Gasteiger partial charge in [0.05, 0.1) is 12.0 Å². The number of aryl methyl sites for hydroxylation is 2. The fourth-order valence-corrected chi connectivity index (χ4v) is 3.55. The van der Waals surface area contributed by atoms with E-state index in [1.54, 1.807) is 24.8 Å². The molecule has 3 aromatic rings. The molecule has 1 N–H and O–H groups in total. The Morgan fingerprint density at radius 2 is 2.04 bits per heavy atom. The van der Waals surface area contributed by atoms with Crippen LogP contribution in [0.2, 0.25) is 0 Å². The third-order valence-corrected chi connectivity index (χ3v) is 4.87. The highest BCUT2D eigenvalue weighted by Gasteiger charge is 2.15. The van der Waals surface area contributed by atoms with Gasteiger partial charge in [0.2, 0.25) is 0 Å². The standard InChI is InChI=1S/C18H21N3OS/c1-11-5-6-14(7-12(11)2)15-9-23-18-16(15)17(19-10-20-18)21-13(3)8-22-4/h5-7,9-10,13H,8H2,1-4H3,(H,19,20,21)/t13-/m1/s1. The average Bonchev–Trinajstić information content (AvgIpc) is 2.95. The first-order chi connectivity index (χ1) is 11.1. The molecule has 0 saturated carbocycles. The monoisotopic (exact) mass is 327 g/mol. The first kappa shape index (κ1) is 15.9. The third kappa shape index (κ3) is 3.21. The molecule has 0 unspecified atom stereocenters. The summed E-state index contributed by atoms with van der Waals surface area (Å²) in [5.74, 6) is 0.869. The first-order valence-corrected chi connectivity index (χ1v) is 8.53. The second-order valence-corrected chi connectivity index (χ2v) is 6.71. The lowest BCUT2D eigenvalue weighted by atomic mass is 10.0. The van der Waals surface area contributed by atoms with Gasteiger partial charge in [-0.2, -0.15) is 0 Å². The van der Waals surface area contributed by atoms with Crippen LogP contribution in [-0.2, 0) is 4.74 Å². The van der Waals surface area contributed by atoms with Gasteiger partial charge < -0.3 is 10.1 Å². The molecule has 0 amide bonds. The summed E-state index contributed by atoms with van der Waals surface area (Å²) in [6, 6.07) is 6.75. The molecule has 0 aliphatic carbocycles. The molecule has 0 radical (unpaired) electrons. The zero-order valence-electron chi connectivity index (χ0n) is 13.9. The summed E-state index contributed by atoms with van der Waals surface area (Å²) < 4.78 is 5.21. The number of benzene rings is 1. The molecule has 5 heteroatoms. The van der Waals surface area contributed by atoms with Crippen molar-refractivity contribution < 1.29 is 4.74 Å². The van der Waals surface area contributed by atoms with Gasteiger partial charge in [0.1, 0.15) is 17.0 Å². The minimum atomic E-state index is 0.186. The van der Waals surface area contributed by atoms with Crippen molar-refractivity contribution in [2.45, 2.75) is 26.8 Å². The van der Waals surface area contributed by atoms with Crippen LogP contribution in [0, 0.1) is 13.8 Å². The number of hydrogen-bond donors (Lipinski definition) is 1. The molecule has 0 fully saturated rings. The van der Waals surface area contributed by atoms with Crippen LogP contribution in [0.4, 0.5) is 5.82 Å². The van der Waals surface area contributed by atoms with Gasteiger partial charge in [-0.3, -0.25) is 0 Å². The van der Waals surface area contributed by atoms with Crippen molar-refractivity contribution >= 4 is 27.4 Å².